The van der Waals surface area contributed by atoms with Crippen molar-refractivity contribution in [1.82, 2.24) is 9.97 Å². The van der Waals surface area contributed by atoms with Gasteiger partial charge in [-0.3, -0.25) is 4.79 Å². The fourth-order valence-corrected chi connectivity index (χ4v) is 2.32. The van der Waals surface area contributed by atoms with Crippen molar-refractivity contribution in [2.24, 2.45) is 11.8 Å². The molecule has 5 nitrogen and oxygen atoms in total. The van der Waals surface area contributed by atoms with Crippen LogP contribution in [-0.2, 0) is 4.79 Å². The van der Waals surface area contributed by atoms with Crippen LogP contribution in [0, 0.1) is 11.8 Å². The van der Waals surface area contributed by atoms with Crippen molar-refractivity contribution in [3.63, 3.8) is 0 Å². The second-order valence-electron chi connectivity index (χ2n) is 4.93. The Labute approximate surface area is 115 Å². The molecule has 1 amide bonds. The normalized spacial score (nSPS) is 21.4. The number of hydrogen-bond acceptors (Lipinski definition) is 4. The first-order valence-electron chi connectivity index (χ1n) is 6.07. The summed E-state index contributed by atoms with van der Waals surface area (Å²) in [6.45, 7) is 2.06. The van der Waals surface area contributed by atoms with E-state index in [2.05, 4.69) is 22.2 Å². The molecule has 19 heavy (non-hydrogen) atoms. The molecule has 1 aliphatic carbocycles. The minimum Gasteiger partial charge on any atom is -0.383 e. The summed E-state index contributed by atoms with van der Waals surface area (Å²) < 4.78 is 0. The van der Waals surface area contributed by atoms with Gasteiger partial charge in [0.2, 0.25) is 5.91 Å². The van der Waals surface area contributed by atoms with Gasteiger partial charge in [-0.05, 0) is 29.9 Å². The van der Waals surface area contributed by atoms with Crippen LogP contribution in [0.1, 0.15) is 13.3 Å². The Balaban J connectivity index is 1.91. The van der Waals surface area contributed by atoms with Crippen molar-refractivity contribution in [2.75, 3.05) is 11.1 Å². The molecule has 2 aromatic rings. The van der Waals surface area contributed by atoms with Crippen molar-refractivity contribution >= 4 is 39.9 Å². The molecule has 0 saturated heterocycles. The Kier molecular flexibility index (Phi) is 2.78. The monoisotopic (exact) mass is 276 g/mol. The zero-order valence-electron chi connectivity index (χ0n) is 10.4. The van der Waals surface area contributed by atoms with Gasteiger partial charge in [0.1, 0.15) is 16.8 Å². The lowest BCUT2D eigenvalue weighted by atomic mass is 10.2. The van der Waals surface area contributed by atoms with Gasteiger partial charge in [-0.25, -0.2) is 9.97 Å². The van der Waals surface area contributed by atoms with Crippen LogP contribution in [-0.4, -0.2) is 15.9 Å². The van der Waals surface area contributed by atoms with Gasteiger partial charge in [0.05, 0.1) is 0 Å². The summed E-state index contributed by atoms with van der Waals surface area (Å²) >= 11 is 5.86. The molecular formula is C13H13ClN4O. The van der Waals surface area contributed by atoms with Gasteiger partial charge < -0.3 is 11.1 Å². The van der Waals surface area contributed by atoms with Crippen molar-refractivity contribution < 1.29 is 4.79 Å². The maximum atomic E-state index is 11.8. The second-order valence-corrected chi connectivity index (χ2v) is 5.32. The minimum absolute atomic E-state index is 0.0208. The average molecular weight is 277 g/mol. The summed E-state index contributed by atoms with van der Waals surface area (Å²) in [5.41, 5.74) is 5.76. The highest BCUT2D eigenvalue weighted by Gasteiger charge is 2.39. The van der Waals surface area contributed by atoms with Crippen LogP contribution in [0.3, 0.4) is 0 Å². The Bertz CT molecular complexity index is 673. The van der Waals surface area contributed by atoms with Gasteiger partial charge in [-0.15, -0.1) is 0 Å². The van der Waals surface area contributed by atoms with E-state index in [1.165, 1.54) is 0 Å². The Morgan fingerprint density at radius 3 is 2.95 bits per heavy atom. The van der Waals surface area contributed by atoms with Crippen molar-refractivity contribution in [3.05, 3.63) is 23.5 Å². The predicted molar refractivity (Wildman–Crippen MR) is 74.9 cm³/mol. The van der Waals surface area contributed by atoms with E-state index in [9.17, 15) is 4.79 Å². The minimum atomic E-state index is 0.0208. The quantitative estimate of drug-likeness (QED) is 0.826. The van der Waals surface area contributed by atoms with Gasteiger partial charge in [0.25, 0.3) is 0 Å². The highest BCUT2D eigenvalue weighted by atomic mass is 35.5. The van der Waals surface area contributed by atoms with Crippen LogP contribution in [0.25, 0.3) is 10.8 Å². The molecule has 0 bridgehead atoms. The standard InChI is InChI=1S/C13H13ClN4O/c1-6-2-8(6)13(19)18-11-4-7-3-10(14)17-12(15)9(7)5-16-11/h3-6,8H,2H2,1H3,(H2,15,17)(H,16,18,19)/t6-,8-/m0/s1. The molecule has 1 aliphatic rings. The third kappa shape index (κ3) is 2.33. The summed E-state index contributed by atoms with van der Waals surface area (Å²) in [6.07, 6.45) is 2.54. The Morgan fingerprint density at radius 2 is 2.26 bits per heavy atom. The molecule has 98 valence electrons. The van der Waals surface area contributed by atoms with Crippen LogP contribution in [0.15, 0.2) is 18.3 Å². The summed E-state index contributed by atoms with van der Waals surface area (Å²) in [7, 11) is 0. The molecule has 0 radical (unpaired) electrons. The molecule has 1 fully saturated rings. The number of nitrogen functional groups attached to an aromatic ring is 1. The number of aromatic nitrogens is 2. The number of fused-ring (bicyclic) bond motifs is 1. The van der Waals surface area contributed by atoms with E-state index in [-0.39, 0.29) is 11.8 Å². The molecule has 3 N–H and O–H groups in total. The molecule has 1 saturated carbocycles. The lowest BCUT2D eigenvalue weighted by Gasteiger charge is -2.06. The van der Waals surface area contributed by atoms with E-state index in [0.717, 1.165) is 17.2 Å². The van der Waals surface area contributed by atoms with Crippen LogP contribution < -0.4 is 11.1 Å². The zero-order chi connectivity index (χ0) is 13.6. The molecule has 2 atom stereocenters. The number of nitrogens with zero attached hydrogens (tertiary/aromatic N) is 2. The number of carbonyl (C=O) groups is 1. The first kappa shape index (κ1) is 12.2. The van der Waals surface area contributed by atoms with E-state index in [1.54, 1.807) is 18.3 Å². The number of anilines is 2. The lowest BCUT2D eigenvalue weighted by molar-refractivity contribution is -0.117. The van der Waals surface area contributed by atoms with Gasteiger partial charge in [0, 0.05) is 17.5 Å². The second kappa shape index (κ2) is 4.35. The van der Waals surface area contributed by atoms with Crippen LogP contribution in [0.2, 0.25) is 5.15 Å². The molecule has 6 heteroatoms. The molecular weight excluding hydrogens is 264 g/mol. The fourth-order valence-electron chi connectivity index (χ4n) is 2.11. The van der Waals surface area contributed by atoms with Crippen LogP contribution in [0.5, 0.6) is 0 Å². The van der Waals surface area contributed by atoms with Gasteiger partial charge >= 0.3 is 0 Å². The lowest BCUT2D eigenvalue weighted by Crippen LogP contribution is -2.15. The van der Waals surface area contributed by atoms with Crippen molar-refractivity contribution in [2.45, 2.75) is 13.3 Å². The molecule has 0 aromatic carbocycles. The van der Waals surface area contributed by atoms with Crippen LogP contribution >= 0.6 is 11.6 Å². The number of amides is 1. The topological polar surface area (TPSA) is 80.9 Å². The number of rotatable bonds is 2. The number of carbonyl (C=O) groups excluding carboxylic acids is 1. The SMILES string of the molecule is C[C@H]1C[C@@H]1C(=O)Nc1cc2cc(Cl)nc(N)c2cn1. The Hall–Kier alpha value is -1.88. The largest absolute Gasteiger partial charge is 0.383 e. The number of nitrogens with one attached hydrogen (secondary N) is 1. The molecule has 2 heterocycles. The average Bonchev–Trinajstić information content (AvgIpc) is 3.05. The zero-order valence-corrected chi connectivity index (χ0v) is 11.1. The smallest absolute Gasteiger partial charge is 0.228 e. The van der Waals surface area contributed by atoms with Gasteiger partial charge in [-0.1, -0.05) is 18.5 Å². The molecule has 0 unspecified atom stereocenters. The van der Waals surface area contributed by atoms with Gasteiger partial charge in [-0.2, -0.15) is 0 Å². The third-order valence-electron chi connectivity index (χ3n) is 3.41. The van der Waals surface area contributed by atoms with Gasteiger partial charge in [0.15, 0.2) is 0 Å². The highest BCUT2D eigenvalue weighted by molar-refractivity contribution is 6.30. The number of halogens is 1. The molecule has 0 spiro atoms. The summed E-state index contributed by atoms with van der Waals surface area (Å²) in [6, 6.07) is 3.45. The summed E-state index contributed by atoms with van der Waals surface area (Å²) in [5, 5.41) is 4.67. The first-order chi connectivity index (χ1) is 9.04. The van der Waals surface area contributed by atoms with Crippen molar-refractivity contribution in [3.8, 4) is 0 Å². The van der Waals surface area contributed by atoms with Crippen molar-refractivity contribution in [1.29, 1.82) is 0 Å². The summed E-state index contributed by atoms with van der Waals surface area (Å²) in [4.78, 5) is 20.0. The van der Waals surface area contributed by atoms with Crippen LogP contribution in [0.4, 0.5) is 11.6 Å². The van der Waals surface area contributed by atoms with E-state index >= 15 is 0 Å². The molecule has 2 aromatic heterocycles. The highest BCUT2D eigenvalue weighted by Crippen LogP contribution is 2.38. The van der Waals surface area contributed by atoms with E-state index in [4.69, 9.17) is 17.3 Å². The third-order valence-corrected chi connectivity index (χ3v) is 3.60. The predicted octanol–water partition coefficient (Wildman–Crippen LogP) is 2.46. The molecule has 0 aliphatic heterocycles. The maximum absolute atomic E-state index is 11.8. The maximum Gasteiger partial charge on any atom is 0.228 e. The fraction of sp³-hybridized carbons (Fsp3) is 0.308. The van der Waals surface area contributed by atoms with E-state index in [1.807, 2.05) is 0 Å². The van der Waals surface area contributed by atoms with E-state index in [0.29, 0.717) is 22.7 Å². The Morgan fingerprint density at radius 1 is 1.53 bits per heavy atom. The number of pyridine rings is 2. The number of hydrogen-bond donors (Lipinski definition) is 2. The number of nitrogens with two attached hydrogens (primary N) is 1. The summed E-state index contributed by atoms with van der Waals surface area (Å²) in [5.74, 6) is 1.45. The molecule has 3 rings (SSSR count). The van der Waals surface area contributed by atoms with E-state index < -0.39 is 0 Å². The first-order valence-corrected chi connectivity index (χ1v) is 6.45.